The molecule has 4 nitrogen and oxygen atoms in total. The molecule has 0 aliphatic carbocycles. The highest BCUT2D eigenvalue weighted by Gasteiger charge is 2.34. The van der Waals surface area contributed by atoms with Crippen molar-refractivity contribution in [3.05, 3.63) is 69.8 Å². The summed E-state index contributed by atoms with van der Waals surface area (Å²) in [5, 5.41) is 13.7. The molecular formula is C20H20BrNO3. The summed E-state index contributed by atoms with van der Waals surface area (Å²) in [6.07, 6.45) is 1.01. The smallest absolute Gasteiger partial charge is 0.198 e. The van der Waals surface area contributed by atoms with E-state index in [0.717, 1.165) is 0 Å². The van der Waals surface area contributed by atoms with Gasteiger partial charge in [0.05, 0.1) is 15.6 Å². The number of rotatable bonds is 2. The number of Topliss-reactive ketones (excluding diaryl/α,β-unsaturated/α-hetero) is 1. The van der Waals surface area contributed by atoms with Crippen LogP contribution in [0.25, 0.3) is 0 Å². The number of phenolic OH excluding ortho intramolecular Hbond substituents is 1. The summed E-state index contributed by atoms with van der Waals surface area (Å²) in [5.74, 6) is 0.481. The van der Waals surface area contributed by atoms with Crippen LogP contribution in [0.3, 0.4) is 0 Å². The van der Waals surface area contributed by atoms with Gasteiger partial charge in [-0.25, -0.2) is 0 Å². The predicted molar refractivity (Wildman–Crippen MR) is 101 cm³/mol. The molecule has 2 aromatic rings. The molecule has 0 fully saturated rings. The summed E-state index contributed by atoms with van der Waals surface area (Å²) in [6, 6.07) is 12.5. The van der Waals surface area contributed by atoms with Crippen LogP contribution in [0.1, 0.15) is 42.8 Å². The van der Waals surface area contributed by atoms with Crippen LogP contribution < -0.4 is 10.1 Å². The van der Waals surface area contributed by atoms with E-state index in [9.17, 15) is 9.90 Å². The number of carbonyl (C=O) groups excluding carboxylic acids is 1. The van der Waals surface area contributed by atoms with Crippen LogP contribution >= 0.6 is 15.9 Å². The molecule has 0 radical (unpaired) electrons. The fraction of sp³-hybridized carbons (Fsp3) is 0.250. The minimum atomic E-state index is -0.685. The number of para-hydroxylation sites is 2. The van der Waals surface area contributed by atoms with E-state index in [0.29, 0.717) is 26.9 Å². The molecule has 1 unspecified atom stereocenters. The number of nitrogens with one attached hydrogen (secondary N) is 1. The Bertz CT molecular complexity index is 852. The second kappa shape index (κ2) is 6.56. The van der Waals surface area contributed by atoms with Gasteiger partial charge in [0.25, 0.3) is 0 Å². The van der Waals surface area contributed by atoms with Gasteiger partial charge in [0.15, 0.2) is 11.9 Å². The minimum absolute atomic E-state index is 0.0707. The van der Waals surface area contributed by atoms with Gasteiger partial charge < -0.3 is 15.2 Å². The normalized spacial score (nSPS) is 18.6. The van der Waals surface area contributed by atoms with E-state index in [2.05, 4.69) is 21.2 Å². The third kappa shape index (κ3) is 3.56. The van der Waals surface area contributed by atoms with Crippen LogP contribution in [0.4, 0.5) is 0 Å². The largest absolute Gasteiger partial charge is 0.506 e. The van der Waals surface area contributed by atoms with Gasteiger partial charge in [-0.2, -0.15) is 0 Å². The van der Waals surface area contributed by atoms with E-state index < -0.39 is 6.10 Å². The van der Waals surface area contributed by atoms with Crippen molar-refractivity contribution in [3.63, 3.8) is 0 Å². The highest BCUT2D eigenvalue weighted by molar-refractivity contribution is 9.10. The van der Waals surface area contributed by atoms with E-state index in [4.69, 9.17) is 4.74 Å². The summed E-state index contributed by atoms with van der Waals surface area (Å²) in [5.41, 5.74) is 1.32. The van der Waals surface area contributed by atoms with Crippen LogP contribution in [0.5, 0.6) is 11.5 Å². The predicted octanol–water partition coefficient (Wildman–Crippen LogP) is 4.74. The second-order valence-corrected chi connectivity index (χ2v) is 7.85. The van der Waals surface area contributed by atoms with Gasteiger partial charge in [-0.15, -0.1) is 0 Å². The molecule has 1 aliphatic rings. The molecule has 25 heavy (non-hydrogen) atoms. The van der Waals surface area contributed by atoms with Crippen LogP contribution in [0, 0.1) is 0 Å². The standard InChI is InChI=1S/C20H20BrNO3/c1-20(2,3)22-11-14-17(23)12-7-4-5-10-16(12)25-19(14)13-8-6-9-15(21)18(13)24/h4-11,19,22,24H,1-3H3/b14-11+. The number of aromatic hydroxyl groups is 1. The van der Waals surface area contributed by atoms with Crippen LogP contribution in [-0.2, 0) is 0 Å². The molecule has 3 rings (SSSR count). The summed E-state index contributed by atoms with van der Waals surface area (Å²) in [6.45, 7) is 6.03. The third-order valence-electron chi connectivity index (χ3n) is 3.88. The van der Waals surface area contributed by atoms with Gasteiger partial charge in [0.1, 0.15) is 11.5 Å². The molecule has 0 saturated heterocycles. The lowest BCUT2D eigenvalue weighted by Crippen LogP contribution is -2.34. The van der Waals surface area contributed by atoms with E-state index >= 15 is 0 Å². The first-order valence-corrected chi connectivity index (χ1v) is 8.83. The van der Waals surface area contributed by atoms with Crippen molar-refractivity contribution in [1.82, 2.24) is 5.32 Å². The van der Waals surface area contributed by atoms with Gasteiger partial charge in [0, 0.05) is 17.3 Å². The van der Waals surface area contributed by atoms with Gasteiger partial charge in [-0.1, -0.05) is 24.3 Å². The van der Waals surface area contributed by atoms with E-state index in [1.807, 2.05) is 39.0 Å². The summed E-state index contributed by atoms with van der Waals surface area (Å²) in [4.78, 5) is 13.0. The first kappa shape index (κ1) is 17.5. The summed E-state index contributed by atoms with van der Waals surface area (Å²) < 4.78 is 6.65. The Morgan fingerprint density at radius 3 is 2.60 bits per heavy atom. The van der Waals surface area contributed by atoms with Gasteiger partial charge >= 0.3 is 0 Å². The highest BCUT2D eigenvalue weighted by atomic mass is 79.9. The maximum Gasteiger partial charge on any atom is 0.198 e. The molecule has 0 aromatic heterocycles. The maximum absolute atomic E-state index is 13.0. The molecule has 2 N–H and O–H groups in total. The van der Waals surface area contributed by atoms with Gasteiger partial charge in [-0.05, 0) is 54.9 Å². The molecule has 2 aromatic carbocycles. The average molecular weight is 402 g/mol. The number of hydrogen-bond acceptors (Lipinski definition) is 4. The quantitative estimate of drug-likeness (QED) is 0.713. The van der Waals surface area contributed by atoms with Gasteiger partial charge in [-0.3, -0.25) is 4.79 Å². The number of carbonyl (C=O) groups is 1. The summed E-state index contributed by atoms with van der Waals surface area (Å²) in [7, 11) is 0. The molecule has 1 atom stereocenters. The molecule has 1 heterocycles. The fourth-order valence-electron chi connectivity index (χ4n) is 2.63. The van der Waals surface area contributed by atoms with E-state index in [1.54, 1.807) is 30.5 Å². The van der Waals surface area contributed by atoms with Crippen molar-refractivity contribution >= 4 is 21.7 Å². The minimum Gasteiger partial charge on any atom is -0.506 e. The maximum atomic E-state index is 13.0. The highest BCUT2D eigenvalue weighted by Crippen LogP contribution is 2.42. The molecule has 5 heteroatoms. The average Bonchev–Trinajstić information content (AvgIpc) is 2.55. The number of halogens is 1. The van der Waals surface area contributed by atoms with Crippen LogP contribution in [0.15, 0.2) is 58.7 Å². The molecular weight excluding hydrogens is 382 g/mol. The fourth-order valence-corrected chi connectivity index (χ4v) is 3.01. The van der Waals surface area contributed by atoms with Crippen LogP contribution in [-0.4, -0.2) is 16.4 Å². The van der Waals surface area contributed by atoms with Crippen molar-refractivity contribution < 1.29 is 14.6 Å². The Kier molecular flexibility index (Phi) is 4.60. The Morgan fingerprint density at radius 1 is 1.16 bits per heavy atom. The van der Waals surface area contributed by atoms with Crippen molar-refractivity contribution in [2.75, 3.05) is 0 Å². The zero-order valence-electron chi connectivity index (χ0n) is 14.3. The molecule has 0 bridgehead atoms. The third-order valence-corrected chi connectivity index (χ3v) is 4.52. The molecule has 0 amide bonds. The molecule has 1 aliphatic heterocycles. The van der Waals surface area contributed by atoms with Crippen molar-refractivity contribution in [2.45, 2.75) is 32.4 Å². The lowest BCUT2D eigenvalue weighted by Gasteiger charge is -2.30. The van der Waals surface area contributed by atoms with Gasteiger partial charge in [0.2, 0.25) is 0 Å². The second-order valence-electron chi connectivity index (χ2n) is 6.99. The Balaban J connectivity index is 2.13. The van der Waals surface area contributed by atoms with Crippen molar-refractivity contribution in [3.8, 4) is 11.5 Å². The SMILES string of the molecule is CC(C)(C)N/C=C1\C(=O)c2ccccc2OC1c1cccc(Br)c1O. The topological polar surface area (TPSA) is 58.6 Å². The number of ether oxygens (including phenoxy) is 1. The molecule has 0 spiro atoms. The lowest BCUT2D eigenvalue weighted by molar-refractivity contribution is 0.0958. The number of ketones is 1. The zero-order chi connectivity index (χ0) is 18.2. The summed E-state index contributed by atoms with van der Waals surface area (Å²) >= 11 is 3.32. The number of fused-ring (bicyclic) bond motifs is 1. The molecule has 0 saturated carbocycles. The Labute approximate surface area is 155 Å². The zero-order valence-corrected chi connectivity index (χ0v) is 15.9. The van der Waals surface area contributed by atoms with Crippen molar-refractivity contribution in [2.24, 2.45) is 0 Å². The van der Waals surface area contributed by atoms with E-state index in [1.165, 1.54) is 0 Å². The Hall–Kier alpha value is -2.27. The van der Waals surface area contributed by atoms with Crippen LogP contribution in [0.2, 0.25) is 0 Å². The number of phenols is 1. The molecule has 130 valence electrons. The first-order chi connectivity index (χ1) is 11.8. The van der Waals surface area contributed by atoms with E-state index in [-0.39, 0.29) is 17.1 Å². The Morgan fingerprint density at radius 2 is 1.88 bits per heavy atom. The lowest BCUT2D eigenvalue weighted by atomic mass is 9.91. The first-order valence-electron chi connectivity index (χ1n) is 8.03. The number of hydrogen-bond donors (Lipinski definition) is 2. The monoisotopic (exact) mass is 401 g/mol. The van der Waals surface area contributed by atoms with Crippen molar-refractivity contribution in [1.29, 1.82) is 0 Å². The number of benzene rings is 2.